The highest BCUT2D eigenvalue weighted by atomic mass is 35.5. The molecular weight excluding hydrogens is 424 g/mol. The zero-order chi connectivity index (χ0) is 22.4. The summed E-state index contributed by atoms with van der Waals surface area (Å²) in [5.74, 6) is -0.334. The largest absolute Gasteiger partial charge is 0.493 e. The number of amides is 1. The van der Waals surface area contributed by atoms with Gasteiger partial charge in [-0.1, -0.05) is 17.7 Å². The smallest absolute Gasteiger partial charge is 0.387 e. The summed E-state index contributed by atoms with van der Waals surface area (Å²) in [7, 11) is 3.02. The van der Waals surface area contributed by atoms with Crippen LogP contribution in [0.3, 0.4) is 0 Å². The monoisotopic (exact) mass is 443 g/mol. The Labute approximate surface area is 176 Å². The van der Waals surface area contributed by atoms with Crippen LogP contribution < -0.4 is 14.8 Å². The third-order valence-electron chi connectivity index (χ3n) is 4.34. The van der Waals surface area contributed by atoms with Gasteiger partial charge in [-0.3, -0.25) is 19.8 Å². The number of nitro benzene ring substituents is 1. The number of ether oxygens (including phenoxy) is 2. The third-order valence-corrected chi connectivity index (χ3v) is 4.65. The summed E-state index contributed by atoms with van der Waals surface area (Å²) < 4.78 is 34.6. The van der Waals surface area contributed by atoms with E-state index in [1.165, 1.54) is 31.4 Å². The summed E-state index contributed by atoms with van der Waals surface area (Å²) in [6, 6.07) is 7.69. The summed E-state index contributed by atoms with van der Waals surface area (Å²) in [6.45, 7) is -1.09. The molecule has 0 heterocycles. The average molecular weight is 444 g/mol. The van der Waals surface area contributed by atoms with Gasteiger partial charge in [0.2, 0.25) is 5.91 Å². The number of nitrogens with one attached hydrogen (secondary N) is 1. The van der Waals surface area contributed by atoms with Gasteiger partial charge in [-0.2, -0.15) is 8.78 Å². The molecule has 0 fully saturated rings. The number of carbonyl (C=O) groups excluding carboxylic acids is 1. The molecule has 30 heavy (non-hydrogen) atoms. The van der Waals surface area contributed by atoms with E-state index in [2.05, 4.69) is 10.1 Å². The normalized spacial score (nSPS) is 12.0. The molecule has 0 spiro atoms. The van der Waals surface area contributed by atoms with Crippen LogP contribution in [0.2, 0.25) is 5.02 Å². The van der Waals surface area contributed by atoms with Gasteiger partial charge in [0.1, 0.15) is 0 Å². The van der Waals surface area contributed by atoms with Gasteiger partial charge >= 0.3 is 6.61 Å². The minimum atomic E-state index is -3.00. The molecule has 0 saturated carbocycles. The second-order valence-electron chi connectivity index (χ2n) is 6.37. The van der Waals surface area contributed by atoms with Gasteiger partial charge < -0.3 is 14.8 Å². The van der Waals surface area contributed by atoms with Crippen molar-refractivity contribution in [3.63, 3.8) is 0 Å². The van der Waals surface area contributed by atoms with Crippen molar-refractivity contribution < 1.29 is 28.0 Å². The van der Waals surface area contributed by atoms with E-state index in [0.717, 1.165) is 6.07 Å². The molecule has 1 atom stereocenters. The molecule has 162 valence electrons. The van der Waals surface area contributed by atoms with Crippen LogP contribution in [-0.2, 0) is 11.3 Å². The Morgan fingerprint density at radius 2 is 1.97 bits per heavy atom. The maximum absolute atomic E-state index is 12.6. The van der Waals surface area contributed by atoms with Crippen molar-refractivity contribution in [2.45, 2.75) is 26.1 Å². The van der Waals surface area contributed by atoms with E-state index in [-0.39, 0.29) is 34.4 Å². The number of halogens is 3. The fraction of sp³-hybridized carbons (Fsp3) is 0.316. The van der Waals surface area contributed by atoms with E-state index in [1.807, 2.05) is 0 Å². The van der Waals surface area contributed by atoms with Crippen LogP contribution in [0.5, 0.6) is 11.5 Å². The zero-order valence-electron chi connectivity index (χ0n) is 16.4. The molecule has 0 saturated heterocycles. The van der Waals surface area contributed by atoms with Crippen molar-refractivity contribution in [1.29, 1.82) is 0 Å². The fourth-order valence-electron chi connectivity index (χ4n) is 2.59. The van der Waals surface area contributed by atoms with Gasteiger partial charge in [-0.15, -0.1) is 0 Å². The van der Waals surface area contributed by atoms with Crippen LogP contribution in [0.15, 0.2) is 36.4 Å². The number of benzene rings is 2. The van der Waals surface area contributed by atoms with Crippen molar-refractivity contribution in [3.8, 4) is 11.5 Å². The highest BCUT2D eigenvalue weighted by Gasteiger charge is 2.21. The predicted octanol–water partition coefficient (Wildman–Crippen LogP) is 4.32. The van der Waals surface area contributed by atoms with Gasteiger partial charge in [0, 0.05) is 18.7 Å². The van der Waals surface area contributed by atoms with E-state index < -0.39 is 23.5 Å². The summed E-state index contributed by atoms with van der Waals surface area (Å²) in [4.78, 5) is 24.4. The lowest BCUT2D eigenvalue weighted by Crippen LogP contribution is -2.39. The number of methoxy groups -OCH3 is 1. The number of rotatable bonds is 9. The van der Waals surface area contributed by atoms with Gasteiger partial charge in [0.25, 0.3) is 5.69 Å². The Balaban J connectivity index is 2.07. The Morgan fingerprint density at radius 3 is 2.53 bits per heavy atom. The molecule has 11 heteroatoms. The highest BCUT2D eigenvalue weighted by Crippen LogP contribution is 2.30. The summed E-state index contributed by atoms with van der Waals surface area (Å²) >= 11 is 6.00. The van der Waals surface area contributed by atoms with E-state index in [1.54, 1.807) is 24.9 Å². The molecule has 2 rings (SSSR count). The second-order valence-corrected chi connectivity index (χ2v) is 6.77. The summed E-state index contributed by atoms with van der Waals surface area (Å²) in [6.07, 6.45) is 0. The molecule has 0 radical (unpaired) electrons. The molecule has 0 aliphatic rings. The van der Waals surface area contributed by atoms with E-state index in [9.17, 15) is 23.7 Å². The van der Waals surface area contributed by atoms with Gasteiger partial charge in [0.15, 0.2) is 11.5 Å². The van der Waals surface area contributed by atoms with Crippen molar-refractivity contribution in [2.75, 3.05) is 19.5 Å². The number of non-ortho nitro benzene ring substituents is 1. The minimum absolute atomic E-state index is 0.0383. The van der Waals surface area contributed by atoms with E-state index >= 15 is 0 Å². The van der Waals surface area contributed by atoms with Crippen molar-refractivity contribution >= 4 is 28.9 Å². The summed E-state index contributed by atoms with van der Waals surface area (Å²) in [5, 5.41) is 13.4. The number of likely N-dealkylation sites (N-methyl/N-ethyl adjacent to an activating group) is 1. The maximum atomic E-state index is 12.6. The molecule has 2 aromatic rings. The summed E-state index contributed by atoms with van der Waals surface area (Å²) in [5.41, 5.74) is 0.677. The van der Waals surface area contributed by atoms with Gasteiger partial charge in [-0.25, -0.2) is 0 Å². The number of nitro groups is 1. The Kier molecular flexibility index (Phi) is 7.90. The molecule has 1 amide bonds. The first kappa shape index (κ1) is 23.3. The molecule has 1 N–H and O–H groups in total. The second kappa shape index (κ2) is 10.2. The first-order valence-electron chi connectivity index (χ1n) is 8.69. The third kappa shape index (κ3) is 6.01. The minimum Gasteiger partial charge on any atom is -0.493 e. The number of alkyl halides is 2. The Bertz CT molecular complexity index is 929. The standard InChI is InChI=1S/C19H20ClF2N3O5/c1-11(18(26)23-15-6-5-13(25(27)28)9-14(15)20)24(2)10-12-4-7-16(29-3)17(8-12)30-19(21)22/h4-9,11,19H,10H2,1-3H3,(H,23,26). The predicted molar refractivity (Wildman–Crippen MR) is 107 cm³/mol. The molecule has 0 aliphatic carbocycles. The van der Waals surface area contributed by atoms with Crippen LogP contribution >= 0.6 is 11.6 Å². The van der Waals surface area contributed by atoms with Crippen LogP contribution in [-0.4, -0.2) is 42.5 Å². The lowest BCUT2D eigenvalue weighted by molar-refractivity contribution is -0.384. The molecule has 0 bridgehead atoms. The Hall–Kier alpha value is -2.98. The number of nitrogens with zero attached hydrogens (tertiary/aromatic N) is 2. The van der Waals surface area contributed by atoms with Crippen LogP contribution in [0.25, 0.3) is 0 Å². The SMILES string of the molecule is COc1ccc(CN(C)C(C)C(=O)Nc2ccc([N+](=O)[O-])cc2Cl)cc1OC(F)F. The van der Waals surface area contributed by atoms with Crippen LogP contribution in [0.1, 0.15) is 12.5 Å². The fourth-order valence-corrected chi connectivity index (χ4v) is 2.81. The first-order valence-corrected chi connectivity index (χ1v) is 9.07. The maximum Gasteiger partial charge on any atom is 0.387 e. The molecule has 1 unspecified atom stereocenters. The van der Waals surface area contributed by atoms with Crippen molar-refractivity contribution in [3.05, 3.63) is 57.1 Å². The molecular formula is C19H20ClF2N3O5. The van der Waals surface area contributed by atoms with Crippen LogP contribution in [0.4, 0.5) is 20.2 Å². The highest BCUT2D eigenvalue weighted by molar-refractivity contribution is 6.34. The lowest BCUT2D eigenvalue weighted by atomic mass is 10.1. The quantitative estimate of drug-likeness (QED) is 0.458. The average Bonchev–Trinajstić information content (AvgIpc) is 2.68. The number of carbonyl (C=O) groups is 1. The van der Waals surface area contributed by atoms with Gasteiger partial charge in [0.05, 0.1) is 28.8 Å². The van der Waals surface area contributed by atoms with Crippen LogP contribution in [0, 0.1) is 10.1 Å². The molecule has 2 aromatic carbocycles. The van der Waals surface area contributed by atoms with E-state index in [4.69, 9.17) is 16.3 Å². The first-order chi connectivity index (χ1) is 14.1. The zero-order valence-corrected chi connectivity index (χ0v) is 17.2. The number of hydrogen-bond donors (Lipinski definition) is 1. The topological polar surface area (TPSA) is 93.9 Å². The Morgan fingerprint density at radius 1 is 1.27 bits per heavy atom. The van der Waals surface area contributed by atoms with Crippen molar-refractivity contribution in [2.24, 2.45) is 0 Å². The van der Waals surface area contributed by atoms with E-state index in [0.29, 0.717) is 5.56 Å². The number of anilines is 1. The van der Waals surface area contributed by atoms with Crippen molar-refractivity contribution in [1.82, 2.24) is 4.90 Å². The molecule has 8 nitrogen and oxygen atoms in total. The molecule has 0 aromatic heterocycles. The van der Waals surface area contributed by atoms with Gasteiger partial charge in [-0.05, 0) is 37.7 Å². The number of hydrogen-bond acceptors (Lipinski definition) is 6. The molecule has 0 aliphatic heterocycles. The lowest BCUT2D eigenvalue weighted by Gasteiger charge is -2.24.